The van der Waals surface area contributed by atoms with Crippen molar-refractivity contribution in [3.8, 4) is 0 Å². The maximum Gasteiger partial charge on any atom is 0.161 e. The second kappa shape index (κ2) is 4.44. The van der Waals surface area contributed by atoms with Crippen molar-refractivity contribution in [2.75, 3.05) is 0 Å². The first-order valence-electron chi connectivity index (χ1n) is 8.85. The number of carbonyl (C=O) groups excluding carboxylic acids is 1. The molecule has 1 N–H and O–H groups in total. The number of hydrogen-bond acceptors (Lipinski definition) is 2. The van der Waals surface area contributed by atoms with Gasteiger partial charge in [-0.2, -0.15) is 0 Å². The van der Waals surface area contributed by atoms with Crippen LogP contribution in [0.15, 0.2) is 11.6 Å². The van der Waals surface area contributed by atoms with E-state index in [1.165, 1.54) is 32.1 Å². The van der Waals surface area contributed by atoms with Gasteiger partial charge in [-0.05, 0) is 67.1 Å². The van der Waals surface area contributed by atoms with Crippen molar-refractivity contribution < 1.29 is 9.90 Å². The Kier molecular flexibility index (Phi) is 2.96. The van der Waals surface area contributed by atoms with Gasteiger partial charge in [0.15, 0.2) is 5.78 Å². The minimum Gasteiger partial charge on any atom is -0.385 e. The van der Waals surface area contributed by atoms with E-state index < -0.39 is 6.10 Å². The summed E-state index contributed by atoms with van der Waals surface area (Å²) >= 11 is 0. The Hall–Kier alpha value is -0.630. The molecule has 21 heavy (non-hydrogen) atoms. The number of hydrogen-bond donors (Lipinski definition) is 1. The van der Waals surface area contributed by atoms with Crippen molar-refractivity contribution in [1.82, 2.24) is 0 Å². The molecular formula is C19H28O2. The Labute approximate surface area is 128 Å². The van der Waals surface area contributed by atoms with E-state index in [0.29, 0.717) is 30.1 Å². The molecule has 0 bridgehead atoms. The topological polar surface area (TPSA) is 37.3 Å². The van der Waals surface area contributed by atoms with E-state index in [2.05, 4.69) is 19.9 Å². The molecule has 0 aromatic rings. The van der Waals surface area contributed by atoms with E-state index >= 15 is 0 Å². The molecule has 3 fully saturated rings. The van der Waals surface area contributed by atoms with Crippen LogP contribution in [-0.2, 0) is 4.79 Å². The standard InChI is InChI=1S/C19H28O2/c1-18-8-3-4-14(18)13-6-5-12-10-16(20)17(21)11-19(12,2)15(13)7-9-18/h6,12,14-16,20H,3-5,7-11H2,1-2H3/t12?,14-,15+,16?,18-,19-/m0/s1. The molecule has 0 amide bonds. The number of aliphatic hydroxyl groups excluding tert-OH is 1. The van der Waals surface area contributed by atoms with Gasteiger partial charge in [0.2, 0.25) is 0 Å². The molecule has 0 saturated heterocycles. The molecule has 2 nitrogen and oxygen atoms in total. The Morgan fingerprint density at radius 1 is 1.19 bits per heavy atom. The van der Waals surface area contributed by atoms with E-state index in [1.54, 1.807) is 5.57 Å². The summed E-state index contributed by atoms with van der Waals surface area (Å²) in [6, 6.07) is 0. The number of allylic oxidation sites excluding steroid dienone is 2. The van der Waals surface area contributed by atoms with Gasteiger partial charge in [-0.25, -0.2) is 0 Å². The smallest absolute Gasteiger partial charge is 0.161 e. The third kappa shape index (κ3) is 1.84. The van der Waals surface area contributed by atoms with Gasteiger partial charge in [-0.15, -0.1) is 0 Å². The molecule has 3 saturated carbocycles. The van der Waals surface area contributed by atoms with Crippen LogP contribution in [0.2, 0.25) is 0 Å². The van der Waals surface area contributed by atoms with E-state index in [-0.39, 0.29) is 11.2 Å². The molecule has 4 rings (SSSR count). The summed E-state index contributed by atoms with van der Waals surface area (Å²) in [6.07, 6.45) is 10.9. The number of rotatable bonds is 0. The van der Waals surface area contributed by atoms with Gasteiger partial charge in [0, 0.05) is 6.42 Å². The zero-order chi connectivity index (χ0) is 14.8. The highest BCUT2D eigenvalue weighted by molar-refractivity contribution is 5.84. The Morgan fingerprint density at radius 2 is 2.00 bits per heavy atom. The average molecular weight is 288 g/mol. The van der Waals surface area contributed by atoms with E-state index in [1.807, 2.05) is 0 Å². The summed E-state index contributed by atoms with van der Waals surface area (Å²) in [7, 11) is 0. The van der Waals surface area contributed by atoms with Crippen LogP contribution in [0.3, 0.4) is 0 Å². The summed E-state index contributed by atoms with van der Waals surface area (Å²) in [4.78, 5) is 12.1. The van der Waals surface area contributed by atoms with Crippen LogP contribution in [0.25, 0.3) is 0 Å². The van der Waals surface area contributed by atoms with Gasteiger partial charge in [0.25, 0.3) is 0 Å². The molecule has 0 aliphatic heterocycles. The van der Waals surface area contributed by atoms with Crippen molar-refractivity contribution in [3.63, 3.8) is 0 Å². The van der Waals surface area contributed by atoms with E-state index in [0.717, 1.165) is 12.3 Å². The van der Waals surface area contributed by atoms with Crippen LogP contribution < -0.4 is 0 Å². The minimum atomic E-state index is -0.696. The summed E-state index contributed by atoms with van der Waals surface area (Å²) in [5, 5.41) is 9.95. The molecule has 0 aromatic carbocycles. The zero-order valence-corrected chi connectivity index (χ0v) is 13.4. The predicted molar refractivity (Wildman–Crippen MR) is 82.7 cm³/mol. The Morgan fingerprint density at radius 3 is 2.81 bits per heavy atom. The van der Waals surface area contributed by atoms with E-state index in [9.17, 15) is 9.90 Å². The van der Waals surface area contributed by atoms with Crippen LogP contribution in [0.4, 0.5) is 0 Å². The third-order valence-electron chi connectivity index (χ3n) is 7.69. The average Bonchev–Trinajstić information content (AvgIpc) is 2.82. The Balaban J connectivity index is 1.71. The fourth-order valence-corrected chi connectivity index (χ4v) is 6.34. The summed E-state index contributed by atoms with van der Waals surface area (Å²) < 4.78 is 0. The number of fused-ring (bicyclic) bond motifs is 5. The van der Waals surface area contributed by atoms with Gasteiger partial charge in [0.05, 0.1) is 0 Å². The SMILES string of the molecule is C[C@@]12CCC[C@H]1C1=CCC3CC(O)C(=O)C[C@]3(C)[C@@H]1CC2. The highest BCUT2D eigenvalue weighted by Crippen LogP contribution is 2.64. The minimum absolute atomic E-state index is 0.0924. The molecule has 0 heterocycles. The van der Waals surface area contributed by atoms with Crippen molar-refractivity contribution in [1.29, 1.82) is 0 Å². The van der Waals surface area contributed by atoms with Crippen molar-refractivity contribution in [3.05, 3.63) is 11.6 Å². The fourth-order valence-electron chi connectivity index (χ4n) is 6.34. The lowest BCUT2D eigenvalue weighted by Gasteiger charge is -2.56. The zero-order valence-electron chi connectivity index (χ0n) is 13.4. The molecule has 4 aliphatic rings. The first-order valence-corrected chi connectivity index (χ1v) is 8.85. The van der Waals surface area contributed by atoms with Crippen molar-refractivity contribution >= 4 is 5.78 Å². The molecular weight excluding hydrogens is 260 g/mol. The lowest BCUT2D eigenvalue weighted by molar-refractivity contribution is -0.140. The van der Waals surface area contributed by atoms with Crippen LogP contribution in [-0.4, -0.2) is 17.0 Å². The second-order valence-corrected chi connectivity index (χ2v) is 8.73. The molecule has 6 atom stereocenters. The predicted octanol–water partition coefficient (Wildman–Crippen LogP) is 3.88. The van der Waals surface area contributed by atoms with Gasteiger partial charge >= 0.3 is 0 Å². The number of ketones is 1. The highest BCUT2D eigenvalue weighted by Gasteiger charge is 2.56. The summed E-state index contributed by atoms with van der Waals surface area (Å²) in [5.74, 6) is 1.97. The van der Waals surface area contributed by atoms with Crippen molar-refractivity contribution in [2.45, 2.75) is 71.3 Å². The van der Waals surface area contributed by atoms with Gasteiger partial charge in [-0.3, -0.25) is 4.79 Å². The molecule has 0 radical (unpaired) electrons. The number of aliphatic hydroxyl groups is 1. The number of Topliss-reactive ketones (excluding diaryl/α,β-unsaturated/α-hetero) is 1. The van der Waals surface area contributed by atoms with Crippen molar-refractivity contribution in [2.24, 2.45) is 28.6 Å². The quantitative estimate of drug-likeness (QED) is 0.687. The summed E-state index contributed by atoms with van der Waals surface area (Å²) in [5.41, 5.74) is 2.35. The molecule has 2 heteroatoms. The maximum absolute atomic E-state index is 12.1. The molecule has 4 aliphatic carbocycles. The van der Waals surface area contributed by atoms with Crippen LogP contribution in [0, 0.1) is 28.6 Å². The first kappa shape index (κ1) is 14.0. The number of carbonyl (C=O) groups is 1. The van der Waals surface area contributed by atoms with Gasteiger partial charge in [0.1, 0.15) is 6.10 Å². The monoisotopic (exact) mass is 288 g/mol. The van der Waals surface area contributed by atoms with E-state index in [4.69, 9.17) is 0 Å². The Bertz CT molecular complexity index is 508. The molecule has 2 unspecified atom stereocenters. The fraction of sp³-hybridized carbons (Fsp3) is 0.842. The van der Waals surface area contributed by atoms with Crippen LogP contribution in [0.1, 0.15) is 65.2 Å². The van der Waals surface area contributed by atoms with Crippen LogP contribution in [0.5, 0.6) is 0 Å². The largest absolute Gasteiger partial charge is 0.385 e. The summed E-state index contributed by atoms with van der Waals surface area (Å²) in [6.45, 7) is 4.84. The normalized spacial score (nSPS) is 52.7. The highest BCUT2D eigenvalue weighted by atomic mass is 16.3. The lowest BCUT2D eigenvalue weighted by atomic mass is 9.48. The second-order valence-electron chi connectivity index (χ2n) is 8.73. The van der Waals surface area contributed by atoms with Gasteiger partial charge < -0.3 is 5.11 Å². The maximum atomic E-state index is 12.1. The third-order valence-corrected chi connectivity index (χ3v) is 7.69. The molecule has 0 aromatic heterocycles. The molecule has 0 spiro atoms. The molecule has 116 valence electrons. The first-order chi connectivity index (χ1) is 9.94. The lowest BCUT2D eigenvalue weighted by Crippen LogP contribution is -2.51. The van der Waals surface area contributed by atoms with Gasteiger partial charge in [-0.1, -0.05) is 31.9 Å². The van der Waals surface area contributed by atoms with Crippen LogP contribution >= 0.6 is 0 Å².